The van der Waals surface area contributed by atoms with Crippen LogP contribution in [0.2, 0.25) is 0 Å². The Kier molecular flexibility index (Phi) is 5.11. The van der Waals surface area contributed by atoms with Gasteiger partial charge in [0.25, 0.3) is 0 Å². The molecular formula is C15H20F3NO2. The van der Waals surface area contributed by atoms with Crippen molar-refractivity contribution in [1.82, 2.24) is 4.90 Å². The number of ether oxygens (including phenoxy) is 1. The predicted octanol–water partition coefficient (Wildman–Crippen LogP) is 3.23. The Bertz CT molecular complexity index is 470. The summed E-state index contributed by atoms with van der Waals surface area (Å²) in [5.74, 6) is 0.232. The highest BCUT2D eigenvalue weighted by Gasteiger charge is 2.33. The van der Waals surface area contributed by atoms with Crippen molar-refractivity contribution >= 4 is 0 Å². The number of hydrogen-bond acceptors (Lipinski definition) is 3. The van der Waals surface area contributed by atoms with Crippen LogP contribution >= 0.6 is 0 Å². The lowest BCUT2D eigenvalue weighted by molar-refractivity contribution is -0.137. The summed E-state index contributed by atoms with van der Waals surface area (Å²) in [5.41, 5.74) is -0.00581. The second-order valence-corrected chi connectivity index (χ2v) is 5.23. The lowest BCUT2D eigenvalue weighted by Gasteiger charge is -2.29. The van der Waals surface area contributed by atoms with Gasteiger partial charge in [-0.05, 0) is 44.5 Å². The van der Waals surface area contributed by atoms with Crippen LogP contribution in [0.5, 0.6) is 5.75 Å². The molecule has 0 radical (unpaired) electrons. The van der Waals surface area contributed by atoms with Crippen LogP contribution in [-0.2, 0) is 6.18 Å². The van der Waals surface area contributed by atoms with Crippen LogP contribution in [0.4, 0.5) is 13.2 Å². The van der Waals surface area contributed by atoms with E-state index in [-0.39, 0.29) is 18.4 Å². The van der Waals surface area contributed by atoms with Crippen molar-refractivity contribution < 1.29 is 23.0 Å². The molecule has 6 heteroatoms. The number of hydrogen-bond donors (Lipinski definition) is 1. The molecule has 0 amide bonds. The van der Waals surface area contributed by atoms with E-state index >= 15 is 0 Å². The summed E-state index contributed by atoms with van der Waals surface area (Å²) in [7, 11) is 1.37. The van der Waals surface area contributed by atoms with Crippen LogP contribution < -0.4 is 4.74 Å². The van der Waals surface area contributed by atoms with E-state index in [9.17, 15) is 18.3 Å². The van der Waals surface area contributed by atoms with Gasteiger partial charge in [0.2, 0.25) is 0 Å². The average molecular weight is 303 g/mol. The number of alkyl halides is 3. The maximum Gasteiger partial charge on any atom is 0.416 e. The topological polar surface area (TPSA) is 32.7 Å². The third-order valence-corrected chi connectivity index (χ3v) is 3.90. The van der Waals surface area contributed by atoms with Gasteiger partial charge in [-0.2, -0.15) is 13.2 Å². The zero-order valence-electron chi connectivity index (χ0n) is 12.0. The highest BCUT2D eigenvalue weighted by atomic mass is 19.4. The van der Waals surface area contributed by atoms with Crippen molar-refractivity contribution in [2.75, 3.05) is 26.8 Å². The molecule has 1 atom stereocenters. The standard InChI is InChI=1S/C15H20F3NO2/c1-21-14-10-11(15(16,17)18)4-5-12(14)13(6-9-20)19-7-2-3-8-19/h4-5,10,13,20H,2-3,6-9H2,1H3. The summed E-state index contributed by atoms with van der Waals surface area (Å²) in [6.45, 7) is 1.79. The van der Waals surface area contributed by atoms with Gasteiger partial charge < -0.3 is 9.84 Å². The van der Waals surface area contributed by atoms with Gasteiger partial charge >= 0.3 is 6.18 Å². The Balaban J connectivity index is 2.35. The molecule has 1 fully saturated rings. The smallest absolute Gasteiger partial charge is 0.416 e. The molecule has 1 aromatic carbocycles. The van der Waals surface area contributed by atoms with Crippen molar-refractivity contribution in [3.63, 3.8) is 0 Å². The predicted molar refractivity (Wildman–Crippen MR) is 73.2 cm³/mol. The number of halogens is 3. The lowest BCUT2D eigenvalue weighted by atomic mass is 9.99. The van der Waals surface area contributed by atoms with Gasteiger partial charge in [-0.3, -0.25) is 4.90 Å². The Morgan fingerprint density at radius 3 is 2.48 bits per heavy atom. The van der Waals surface area contributed by atoms with E-state index in [1.165, 1.54) is 13.2 Å². The summed E-state index contributed by atoms with van der Waals surface area (Å²) < 4.78 is 43.5. The van der Waals surface area contributed by atoms with E-state index in [2.05, 4.69) is 4.90 Å². The largest absolute Gasteiger partial charge is 0.496 e. The first-order chi connectivity index (χ1) is 9.97. The van der Waals surface area contributed by atoms with Gasteiger partial charge in [0.15, 0.2) is 0 Å². The van der Waals surface area contributed by atoms with Crippen LogP contribution in [0.15, 0.2) is 18.2 Å². The molecule has 1 saturated heterocycles. The van der Waals surface area contributed by atoms with Crippen LogP contribution in [-0.4, -0.2) is 36.8 Å². The molecule has 0 bridgehead atoms. The lowest BCUT2D eigenvalue weighted by Crippen LogP contribution is -2.27. The molecule has 1 aromatic rings. The highest BCUT2D eigenvalue weighted by Crippen LogP contribution is 2.38. The van der Waals surface area contributed by atoms with Crippen molar-refractivity contribution in [2.45, 2.75) is 31.5 Å². The van der Waals surface area contributed by atoms with E-state index in [1.54, 1.807) is 0 Å². The normalized spacial score (nSPS) is 18.0. The number of benzene rings is 1. The van der Waals surface area contributed by atoms with E-state index in [1.807, 2.05) is 0 Å². The van der Waals surface area contributed by atoms with Crippen molar-refractivity contribution in [2.24, 2.45) is 0 Å². The molecule has 0 aromatic heterocycles. The fourth-order valence-electron chi connectivity index (χ4n) is 2.87. The number of likely N-dealkylation sites (tertiary alicyclic amines) is 1. The number of aliphatic hydroxyl groups is 1. The van der Waals surface area contributed by atoms with Gasteiger partial charge in [-0.1, -0.05) is 6.07 Å². The molecule has 1 heterocycles. The van der Waals surface area contributed by atoms with Crippen LogP contribution in [0.25, 0.3) is 0 Å². The minimum atomic E-state index is -4.38. The third-order valence-electron chi connectivity index (χ3n) is 3.90. The van der Waals surface area contributed by atoms with E-state index in [4.69, 9.17) is 4.74 Å². The summed E-state index contributed by atoms with van der Waals surface area (Å²) >= 11 is 0. The Morgan fingerprint density at radius 1 is 1.29 bits per heavy atom. The zero-order chi connectivity index (χ0) is 15.5. The van der Waals surface area contributed by atoms with Gasteiger partial charge in [-0.25, -0.2) is 0 Å². The molecule has 21 heavy (non-hydrogen) atoms. The minimum Gasteiger partial charge on any atom is -0.496 e. The van der Waals surface area contributed by atoms with Crippen molar-refractivity contribution in [3.8, 4) is 5.75 Å². The fraction of sp³-hybridized carbons (Fsp3) is 0.600. The summed E-state index contributed by atoms with van der Waals surface area (Å²) in [6.07, 6.45) is -1.75. The maximum absolute atomic E-state index is 12.8. The molecule has 1 aliphatic heterocycles. The SMILES string of the molecule is COc1cc(C(F)(F)F)ccc1C(CCO)N1CCCC1. The van der Waals surface area contributed by atoms with Gasteiger partial charge in [0.05, 0.1) is 12.7 Å². The molecular weight excluding hydrogens is 283 g/mol. The number of nitrogens with zero attached hydrogens (tertiary/aromatic N) is 1. The monoisotopic (exact) mass is 303 g/mol. The van der Waals surface area contributed by atoms with Crippen molar-refractivity contribution in [3.05, 3.63) is 29.3 Å². The Morgan fingerprint density at radius 2 is 1.95 bits per heavy atom. The van der Waals surface area contributed by atoms with Crippen LogP contribution in [0.1, 0.15) is 36.4 Å². The minimum absolute atomic E-state index is 0.00859. The molecule has 1 aliphatic rings. The summed E-state index contributed by atoms with van der Waals surface area (Å²) in [5, 5.41) is 9.26. The molecule has 0 saturated carbocycles. The first kappa shape index (κ1) is 16.1. The maximum atomic E-state index is 12.8. The quantitative estimate of drug-likeness (QED) is 0.906. The van der Waals surface area contributed by atoms with Crippen LogP contribution in [0.3, 0.4) is 0 Å². The fourth-order valence-corrected chi connectivity index (χ4v) is 2.87. The molecule has 0 aliphatic carbocycles. The second kappa shape index (κ2) is 6.66. The number of rotatable bonds is 5. The van der Waals surface area contributed by atoms with Crippen molar-refractivity contribution in [1.29, 1.82) is 0 Å². The summed E-state index contributed by atoms with van der Waals surface area (Å²) in [6, 6.07) is 3.49. The van der Waals surface area contributed by atoms with E-state index in [0.29, 0.717) is 12.0 Å². The van der Waals surface area contributed by atoms with Gasteiger partial charge in [0.1, 0.15) is 5.75 Å². The molecule has 1 N–H and O–H groups in total. The third kappa shape index (κ3) is 3.68. The molecule has 1 unspecified atom stereocenters. The number of methoxy groups -OCH3 is 1. The average Bonchev–Trinajstić information content (AvgIpc) is 2.97. The highest BCUT2D eigenvalue weighted by molar-refractivity contribution is 5.41. The van der Waals surface area contributed by atoms with Gasteiger partial charge in [0, 0.05) is 18.2 Å². The Labute approximate surface area is 122 Å². The van der Waals surface area contributed by atoms with E-state index in [0.717, 1.165) is 38.1 Å². The van der Waals surface area contributed by atoms with Crippen LogP contribution in [0, 0.1) is 0 Å². The molecule has 3 nitrogen and oxygen atoms in total. The molecule has 0 spiro atoms. The number of aliphatic hydroxyl groups excluding tert-OH is 1. The Hall–Kier alpha value is -1.27. The first-order valence-corrected chi connectivity index (χ1v) is 7.07. The molecule has 2 rings (SSSR count). The molecule has 118 valence electrons. The first-order valence-electron chi connectivity index (χ1n) is 7.07. The van der Waals surface area contributed by atoms with E-state index < -0.39 is 11.7 Å². The van der Waals surface area contributed by atoms with Gasteiger partial charge in [-0.15, -0.1) is 0 Å². The summed E-state index contributed by atoms with van der Waals surface area (Å²) in [4.78, 5) is 2.20. The second-order valence-electron chi connectivity index (χ2n) is 5.23. The zero-order valence-corrected chi connectivity index (χ0v) is 12.0.